The zero-order chi connectivity index (χ0) is 26.6. The van der Waals surface area contributed by atoms with Gasteiger partial charge in [-0.3, -0.25) is 19.3 Å². The Morgan fingerprint density at radius 1 is 1.16 bits per heavy atom. The fourth-order valence-corrected chi connectivity index (χ4v) is 5.29. The maximum Gasteiger partial charge on any atom is 0.255 e. The number of nitrogens with one attached hydrogen (secondary N) is 1. The first-order valence-corrected chi connectivity index (χ1v) is 13.3. The summed E-state index contributed by atoms with van der Waals surface area (Å²) in [6.45, 7) is 2.32. The van der Waals surface area contributed by atoms with Crippen LogP contribution in [0.1, 0.15) is 38.8 Å². The molecule has 1 aliphatic heterocycles. The molecule has 1 aromatic carbocycles. The van der Waals surface area contributed by atoms with Crippen LogP contribution in [0, 0.1) is 0 Å². The Kier molecular flexibility index (Phi) is 7.98. The van der Waals surface area contributed by atoms with Gasteiger partial charge in [-0.2, -0.15) is 5.10 Å². The van der Waals surface area contributed by atoms with Crippen molar-refractivity contribution in [3.8, 4) is 5.75 Å². The van der Waals surface area contributed by atoms with Crippen molar-refractivity contribution in [1.29, 1.82) is 0 Å². The van der Waals surface area contributed by atoms with E-state index in [-0.39, 0.29) is 17.4 Å². The lowest BCUT2D eigenvalue weighted by atomic mass is 10.00. The SMILES string of the molecule is COc1ccc(P)c(CNC(=O)c2cn(Cc3ccc(Cn4ccccc4=O)cn3)nc2C2COC2)c1P. The van der Waals surface area contributed by atoms with E-state index < -0.39 is 0 Å². The summed E-state index contributed by atoms with van der Waals surface area (Å²) in [5.74, 6) is 0.647. The number of methoxy groups -OCH3 is 1. The summed E-state index contributed by atoms with van der Waals surface area (Å²) < 4.78 is 14.2. The molecule has 0 saturated carbocycles. The second-order valence-electron chi connectivity index (χ2n) is 9.12. The minimum Gasteiger partial charge on any atom is -0.496 e. The lowest BCUT2D eigenvalue weighted by Gasteiger charge is -2.25. The van der Waals surface area contributed by atoms with Crippen molar-refractivity contribution < 1.29 is 14.3 Å². The Morgan fingerprint density at radius 3 is 2.68 bits per heavy atom. The van der Waals surface area contributed by atoms with Crippen LogP contribution in [0.2, 0.25) is 0 Å². The number of pyridine rings is 2. The highest BCUT2D eigenvalue weighted by molar-refractivity contribution is 7.30. The monoisotopic (exact) mass is 549 g/mol. The molecular weight excluding hydrogens is 520 g/mol. The minimum atomic E-state index is -0.189. The topological polar surface area (TPSA) is 100 Å². The van der Waals surface area contributed by atoms with Gasteiger partial charge in [0, 0.05) is 36.5 Å². The van der Waals surface area contributed by atoms with Gasteiger partial charge < -0.3 is 19.4 Å². The van der Waals surface area contributed by atoms with Crippen molar-refractivity contribution in [3.05, 3.63) is 99.5 Å². The third-order valence-electron chi connectivity index (χ3n) is 6.52. The van der Waals surface area contributed by atoms with Crippen LogP contribution in [-0.4, -0.2) is 45.6 Å². The van der Waals surface area contributed by atoms with Crippen LogP contribution in [0.15, 0.2) is 65.8 Å². The van der Waals surface area contributed by atoms with E-state index in [4.69, 9.17) is 14.6 Å². The highest BCUT2D eigenvalue weighted by atomic mass is 31.0. The fraction of sp³-hybridized carbons (Fsp3) is 0.259. The number of amides is 1. The Hall–Kier alpha value is -3.38. The average Bonchev–Trinajstić information content (AvgIpc) is 3.28. The average molecular weight is 550 g/mol. The van der Waals surface area contributed by atoms with Crippen LogP contribution in [0.5, 0.6) is 5.75 Å². The van der Waals surface area contributed by atoms with Crippen LogP contribution in [0.3, 0.4) is 0 Å². The normalized spacial score (nSPS) is 13.2. The molecule has 0 spiro atoms. The third kappa shape index (κ3) is 5.70. The van der Waals surface area contributed by atoms with Gasteiger partial charge in [0.1, 0.15) is 5.75 Å². The number of aromatic nitrogens is 4. The molecule has 5 rings (SSSR count). The number of rotatable bonds is 9. The number of ether oxygens (including phenoxy) is 2. The lowest BCUT2D eigenvalue weighted by molar-refractivity contribution is 0.00619. The van der Waals surface area contributed by atoms with Crippen LogP contribution in [0.4, 0.5) is 0 Å². The molecule has 1 fully saturated rings. The standard InChI is InChI=1S/C27H29N5O4P2/c1-35-22-7-8-23(37)20(26(22)38)11-29-27(34)21-14-32(30-25(21)18-15-36-16-18)13-19-6-5-17(10-28-19)12-31-9-3-2-4-24(31)33/h2-10,14,18H,11-13,15-16,37-38H2,1H3,(H,29,34). The van der Waals surface area contributed by atoms with Crippen molar-refractivity contribution in [1.82, 2.24) is 24.6 Å². The molecule has 0 bridgehead atoms. The van der Waals surface area contributed by atoms with E-state index in [9.17, 15) is 9.59 Å². The number of nitrogens with zero attached hydrogens (tertiary/aromatic N) is 4. The van der Waals surface area contributed by atoms with E-state index in [1.807, 2.05) is 30.3 Å². The first kappa shape index (κ1) is 26.2. The molecule has 0 aliphatic carbocycles. The van der Waals surface area contributed by atoms with Gasteiger partial charge >= 0.3 is 0 Å². The number of hydrogen-bond donors (Lipinski definition) is 1. The first-order chi connectivity index (χ1) is 18.4. The van der Waals surface area contributed by atoms with Crippen LogP contribution >= 0.6 is 18.5 Å². The van der Waals surface area contributed by atoms with Gasteiger partial charge in [0.15, 0.2) is 0 Å². The summed E-state index contributed by atoms with van der Waals surface area (Å²) in [6.07, 6.45) is 5.30. The van der Waals surface area contributed by atoms with Gasteiger partial charge in [-0.25, -0.2) is 0 Å². The van der Waals surface area contributed by atoms with Gasteiger partial charge in [0.05, 0.1) is 56.3 Å². The molecule has 9 nitrogen and oxygen atoms in total. The molecule has 38 heavy (non-hydrogen) atoms. The molecule has 1 N–H and O–H groups in total. The summed E-state index contributed by atoms with van der Waals surface area (Å²) in [4.78, 5) is 29.8. The molecule has 0 radical (unpaired) electrons. The Labute approximate surface area is 225 Å². The second kappa shape index (κ2) is 11.6. The number of hydrogen-bond acceptors (Lipinski definition) is 6. The van der Waals surface area contributed by atoms with E-state index in [1.54, 1.807) is 41.0 Å². The van der Waals surface area contributed by atoms with Crippen molar-refractivity contribution >= 4 is 35.0 Å². The highest BCUT2D eigenvalue weighted by Gasteiger charge is 2.29. The zero-order valence-corrected chi connectivity index (χ0v) is 23.3. The molecule has 11 heteroatoms. The summed E-state index contributed by atoms with van der Waals surface area (Å²) in [6, 6.07) is 12.8. The summed E-state index contributed by atoms with van der Waals surface area (Å²) in [5.41, 5.74) is 3.91. The van der Waals surface area contributed by atoms with E-state index >= 15 is 0 Å². The van der Waals surface area contributed by atoms with E-state index in [2.05, 4.69) is 28.8 Å². The molecule has 4 aromatic rings. The molecule has 4 heterocycles. The van der Waals surface area contributed by atoms with Crippen LogP contribution in [-0.2, 0) is 24.4 Å². The predicted molar refractivity (Wildman–Crippen MR) is 152 cm³/mol. The van der Waals surface area contributed by atoms with Gasteiger partial charge in [-0.1, -0.05) is 18.2 Å². The zero-order valence-electron chi connectivity index (χ0n) is 21.0. The Balaban J connectivity index is 1.30. The predicted octanol–water partition coefficient (Wildman–Crippen LogP) is 1.59. The van der Waals surface area contributed by atoms with Crippen molar-refractivity contribution in [3.63, 3.8) is 0 Å². The molecule has 1 aliphatic rings. The quantitative estimate of drug-likeness (QED) is 0.319. The van der Waals surface area contributed by atoms with E-state index in [0.29, 0.717) is 38.4 Å². The molecular formula is C27H29N5O4P2. The van der Waals surface area contributed by atoms with Gasteiger partial charge in [0.25, 0.3) is 11.5 Å². The van der Waals surface area contributed by atoms with Gasteiger partial charge in [-0.05, 0) is 34.6 Å². The van der Waals surface area contributed by atoms with Gasteiger partial charge in [-0.15, -0.1) is 18.5 Å². The maximum absolute atomic E-state index is 13.3. The minimum absolute atomic E-state index is 0.0549. The smallest absolute Gasteiger partial charge is 0.255 e. The largest absolute Gasteiger partial charge is 0.496 e. The second-order valence-corrected chi connectivity index (χ2v) is 10.3. The summed E-state index contributed by atoms with van der Waals surface area (Å²) in [5, 5.41) is 9.68. The lowest BCUT2D eigenvalue weighted by Crippen LogP contribution is -2.31. The molecule has 2 atom stereocenters. The Bertz CT molecular complexity index is 1510. The maximum atomic E-state index is 13.3. The van der Waals surface area contributed by atoms with E-state index in [0.717, 1.165) is 38.9 Å². The fourth-order valence-electron chi connectivity index (χ4n) is 4.28. The molecule has 2 unspecified atom stereocenters. The third-order valence-corrected chi connectivity index (χ3v) is 7.69. The molecule has 1 saturated heterocycles. The van der Waals surface area contributed by atoms with Gasteiger partial charge in [0.2, 0.25) is 0 Å². The number of carbonyl (C=O) groups excluding carboxylic acids is 1. The van der Waals surface area contributed by atoms with Crippen molar-refractivity contribution in [2.24, 2.45) is 0 Å². The van der Waals surface area contributed by atoms with Crippen molar-refractivity contribution in [2.75, 3.05) is 20.3 Å². The number of benzene rings is 1. The summed E-state index contributed by atoms with van der Waals surface area (Å²) >= 11 is 0. The molecule has 196 valence electrons. The number of carbonyl (C=O) groups is 1. The Morgan fingerprint density at radius 2 is 2.00 bits per heavy atom. The summed E-state index contributed by atoms with van der Waals surface area (Å²) in [7, 11) is 7.02. The first-order valence-electron chi connectivity index (χ1n) is 12.2. The molecule has 3 aromatic heterocycles. The highest BCUT2D eigenvalue weighted by Crippen LogP contribution is 2.26. The van der Waals surface area contributed by atoms with Crippen LogP contribution in [0.25, 0.3) is 0 Å². The van der Waals surface area contributed by atoms with Crippen LogP contribution < -0.4 is 26.2 Å². The van der Waals surface area contributed by atoms with Crippen molar-refractivity contribution in [2.45, 2.75) is 25.6 Å². The van der Waals surface area contributed by atoms with E-state index in [1.165, 1.54) is 6.07 Å². The molecule has 1 amide bonds.